The molecular formula is C27H34N6O4. The zero-order valence-electron chi connectivity index (χ0n) is 22.5. The van der Waals surface area contributed by atoms with E-state index >= 15 is 0 Å². The first-order valence-corrected chi connectivity index (χ1v) is 12.0. The Kier molecular flexibility index (Phi) is 8.06. The van der Waals surface area contributed by atoms with E-state index in [9.17, 15) is 14.9 Å². The molecule has 2 heterocycles. The zero-order chi connectivity index (χ0) is 27.5. The quantitative estimate of drug-likeness (QED) is 0.392. The molecule has 37 heavy (non-hydrogen) atoms. The number of aromatic nitrogens is 1. The molecule has 1 aliphatic rings. The first-order chi connectivity index (χ1) is 17.5. The molecule has 0 saturated heterocycles. The van der Waals surface area contributed by atoms with Gasteiger partial charge in [-0.1, -0.05) is 20.8 Å². The first-order valence-electron chi connectivity index (χ1n) is 12.0. The standard InChI is InChI=1S/C27H34N6O4/c1-8-37-21-13-17-14-33(25(29)22(17)31-23(21)26(35)30-5)15-20(34)16-11-18(27(2,3)4)24(36-7)19(12-16)32(6)10-9-28/h11-13,29H,8,10,14-15H2,1-7H3,(H,30,35). The van der Waals surface area contributed by atoms with Crippen molar-refractivity contribution in [2.24, 2.45) is 0 Å². The summed E-state index contributed by atoms with van der Waals surface area (Å²) in [6.45, 7) is 8.65. The van der Waals surface area contributed by atoms with E-state index in [-0.39, 0.29) is 35.8 Å². The van der Waals surface area contributed by atoms with Crippen LogP contribution in [0.2, 0.25) is 0 Å². The summed E-state index contributed by atoms with van der Waals surface area (Å²) in [6.07, 6.45) is 0. The molecule has 1 aromatic heterocycles. The topological polar surface area (TPSA) is 132 Å². The molecule has 0 radical (unpaired) electrons. The number of amidine groups is 1. The average Bonchev–Trinajstić information content (AvgIpc) is 3.15. The second-order valence-corrected chi connectivity index (χ2v) is 9.82. The van der Waals surface area contributed by atoms with E-state index in [4.69, 9.17) is 14.9 Å². The summed E-state index contributed by atoms with van der Waals surface area (Å²) in [4.78, 5) is 33.6. The van der Waals surface area contributed by atoms with Gasteiger partial charge in [0.1, 0.15) is 23.8 Å². The minimum absolute atomic E-state index is 0.0498. The number of anilines is 1. The SMILES string of the molecule is CCOc1cc2c(nc1C(=O)NC)C(=N)N(CC(=O)c1cc(N(C)CC#N)c(OC)c(C(C)(C)C)c1)C2. The Balaban J connectivity index is 1.97. The summed E-state index contributed by atoms with van der Waals surface area (Å²) in [7, 11) is 4.86. The highest BCUT2D eigenvalue weighted by Gasteiger charge is 2.32. The van der Waals surface area contributed by atoms with Crippen molar-refractivity contribution in [3.8, 4) is 17.6 Å². The molecular weight excluding hydrogens is 472 g/mol. The van der Waals surface area contributed by atoms with Crippen LogP contribution in [0.1, 0.15) is 65.4 Å². The summed E-state index contributed by atoms with van der Waals surface area (Å²) in [5.41, 5.74) is 2.81. The van der Waals surface area contributed by atoms with Crippen LogP contribution in [-0.4, -0.2) is 68.3 Å². The van der Waals surface area contributed by atoms with Crippen molar-refractivity contribution in [1.82, 2.24) is 15.2 Å². The molecule has 0 bridgehead atoms. The highest BCUT2D eigenvalue weighted by atomic mass is 16.5. The van der Waals surface area contributed by atoms with Crippen molar-refractivity contribution in [1.29, 1.82) is 10.7 Å². The maximum Gasteiger partial charge on any atom is 0.273 e. The fourth-order valence-electron chi connectivity index (χ4n) is 4.26. The lowest BCUT2D eigenvalue weighted by atomic mass is 9.84. The van der Waals surface area contributed by atoms with Crippen molar-refractivity contribution in [2.45, 2.75) is 39.7 Å². The molecule has 10 heteroatoms. The van der Waals surface area contributed by atoms with E-state index in [0.717, 1.165) is 5.56 Å². The molecule has 1 aromatic carbocycles. The lowest BCUT2D eigenvalue weighted by Gasteiger charge is -2.28. The summed E-state index contributed by atoms with van der Waals surface area (Å²) in [5, 5.41) is 20.4. The van der Waals surface area contributed by atoms with Gasteiger partial charge in [-0.2, -0.15) is 5.26 Å². The number of ketones is 1. The number of pyridine rings is 1. The lowest BCUT2D eigenvalue weighted by Crippen LogP contribution is -2.31. The molecule has 0 spiro atoms. The lowest BCUT2D eigenvalue weighted by molar-refractivity contribution is 0.0949. The number of methoxy groups -OCH3 is 1. The van der Waals surface area contributed by atoms with Crippen molar-refractivity contribution in [3.63, 3.8) is 0 Å². The van der Waals surface area contributed by atoms with Gasteiger partial charge in [0, 0.05) is 37.3 Å². The van der Waals surface area contributed by atoms with E-state index in [1.807, 2.05) is 33.8 Å². The predicted molar refractivity (Wildman–Crippen MR) is 141 cm³/mol. The Morgan fingerprint density at radius 1 is 1.30 bits per heavy atom. The number of rotatable bonds is 9. The molecule has 1 amide bonds. The Bertz CT molecular complexity index is 1280. The molecule has 0 atom stereocenters. The average molecular weight is 507 g/mol. The summed E-state index contributed by atoms with van der Waals surface area (Å²) in [6, 6.07) is 7.41. The Hall–Kier alpha value is -4.13. The molecule has 3 rings (SSSR count). The normalized spacial score (nSPS) is 12.6. The largest absolute Gasteiger partial charge is 0.494 e. The number of hydrogen-bond acceptors (Lipinski definition) is 8. The van der Waals surface area contributed by atoms with Crippen LogP contribution in [0, 0.1) is 16.7 Å². The van der Waals surface area contributed by atoms with Gasteiger partial charge in [0.25, 0.3) is 5.91 Å². The minimum atomic E-state index is -0.407. The number of Topliss-reactive ketones (excluding diaryl/α,β-unsaturated/α-hetero) is 1. The molecule has 0 aliphatic carbocycles. The third-order valence-corrected chi connectivity index (χ3v) is 6.17. The molecule has 2 N–H and O–H groups in total. The molecule has 2 aromatic rings. The van der Waals surface area contributed by atoms with Crippen LogP contribution in [0.4, 0.5) is 5.69 Å². The van der Waals surface area contributed by atoms with Crippen LogP contribution in [0.25, 0.3) is 0 Å². The zero-order valence-corrected chi connectivity index (χ0v) is 22.5. The van der Waals surface area contributed by atoms with E-state index < -0.39 is 5.91 Å². The van der Waals surface area contributed by atoms with Crippen molar-refractivity contribution < 1.29 is 19.1 Å². The Labute approximate surface area is 217 Å². The van der Waals surface area contributed by atoms with Crippen LogP contribution in [0.5, 0.6) is 11.5 Å². The summed E-state index contributed by atoms with van der Waals surface area (Å²) >= 11 is 0. The number of amides is 1. The molecule has 196 valence electrons. The van der Waals surface area contributed by atoms with Crippen molar-refractivity contribution in [2.75, 3.05) is 45.8 Å². The third-order valence-electron chi connectivity index (χ3n) is 6.17. The maximum absolute atomic E-state index is 13.5. The predicted octanol–water partition coefficient (Wildman–Crippen LogP) is 3.13. The van der Waals surface area contributed by atoms with Gasteiger partial charge in [-0.05, 0) is 30.5 Å². The van der Waals surface area contributed by atoms with E-state index in [0.29, 0.717) is 47.2 Å². The first kappa shape index (κ1) is 27.5. The Morgan fingerprint density at radius 3 is 2.57 bits per heavy atom. The molecule has 1 aliphatic heterocycles. The Morgan fingerprint density at radius 2 is 2.00 bits per heavy atom. The second-order valence-electron chi connectivity index (χ2n) is 9.82. The second kappa shape index (κ2) is 10.9. The molecule has 0 saturated carbocycles. The smallest absolute Gasteiger partial charge is 0.273 e. The number of nitriles is 1. The van der Waals surface area contributed by atoms with E-state index in [1.54, 1.807) is 36.1 Å². The van der Waals surface area contributed by atoms with Crippen LogP contribution in [0.15, 0.2) is 18.2 Å². The van der Waals surface area contributed by atoms with E-state index in [2.05, 4.69) is 16.4 Å². The third kappa shape index (κ3) is 5.50. The fourth-order valence-corrected chi connectivity index (χ4v) is 4.26. The summed E-state index contributed by atoms with van der Waals surface area (Å²) < 4.78 is 11.3. The number of carbonyl (C=O) groups is 2. The number of carbonyl (C=O) groups excluding carboxylic acids is 2. The minimum Gasteiger partial charge on any atom is -0.494 e. The fraction of sp³-hybridized carbons (Fsp3) is 0.444. The van der Waals surface area contributed by atoms with Gasteiger partial charge in [-0.25, -0.2) is 4.98 Å². The number of fused-ring (bicyclic) bond motifs is 1. The molecule has 0 fully saturated rings. The number of ether oxygens (including phenoxy) is 2. The number of nitrogens with one attached hydrogen (secondary N) is 2. The van der Waals surface area contributed by atoms with Gasteiger partial charge < -0.3 is 24.6 Å². The highest BCUT2D eigenvalue weighted by Crippen LogP contribution is 2.40. The van der Waals surface area contributed by atoms with Crippen LogP contribution < -0.4 is 19.7 Å². The number of nitrogens with zero attached hydrogens (tertiary/aromatic N) is 4. The maximum atomic E-state index is 13.5. The monoisotopic (exact) mass is 506 g/mol. The van der Waals surface area contributed by atoms with Crippen LogP contribution >= 0.6 is 0 Å². The molecule has 10 nitrogen and oxygen atoms in total. The van der Waals surface area contributed by atoms with Gasteiger partial charge in [0.05, 0.1) is 32.0 Å². The van der Waals surface area contributed by atoms with E-state index in [1.165, 1.54) is 7.05 Å². The highest BCUT2D eigenvalue weighted by molar-refractivity contribution is 6.06. The number of benzene rings is 1. The van der Waals surface area contributed by atoms with Crippen LogP contribution in [0.3, 0.4) is 0 Å². The van der Waals surface area contributed by atoms with Crippen molar-refractivity contribution >= 4 is 23.2 Å². The van der Waals surface area contributed by atoms with Gasteiger partial charge in [0.2, 0.25) is 0 Å². The number of hydrogen-bond donors (Lipinski definition) is 2. The van der Waals surface area contributed by atoms with Gasteiger partial charge in [0.15, 0.2) is 17.2 Å². The van der Waals surface area contributed by atoms with Gasteiger partial charge >= 0.3 is 0 Å². The summed E-state index contributed by atoms with van der Waals surface area (Å²) in [5.74, 6) is 0.446. The van der Waals surface area contributed by atoms with Crippen molar-refractivity contribution in [3.05, 3.63) is 46.3 Å². The van der Waals surface area contributed by atoms with Gasteiger partial charge in [-0.3, -0.25) is 15.0 Å². The molecule has 0 unspecified atom stereocenters. The van der Waals surface area contributed by atoms with Crippen LogP contribution in [-0.2, 0) is 12.0 Å². The van der Waals surface area contributed by atoms with Gasteiger partial charge in [-0.15, -0.1) is 0 Å².